The largest absolute Gasteiger partial charge is 0.388 e. The van der Waals surface area contributed by atoms with Crippen LogP contribution in [0.25, 0.3) is 0 Å². The molecular formula is C15H23NO. The van der Waals surface area contributed by atoms with Gasteiger partial charge in [0.2, 0.25) is 0 Å². The summed E-state index contributed by atoms with van der Waals surface area (Å²) < 4.78 is 0. The molecule has 1 heterocycles. The minimum atomic E-state index is -0.271. The Morgan fingerprint density at radius 3 is 2.88 bits per heavy atom. The topological polar surface area (TPSA) is 23.5 Å². The molecule has 1 aromatic carbocycles. The lowest BCUT2D eigenvalue weighted by Crippen LogP contribution is -2.32. The van der Waals surface area contributed by atoms with E-state index >= 15 is 0 Å². The standard InChI is InChI=1S/C15H23NO/c1-12(2)6-5-10-16-11-9-15(17)13-7-3-4-8-14(13)16/h3-4,7-8,12,15,17H,5-6,9-11H2,1-2H3. The summed E-state index contributed by atoms with van der Waals surface area (Å²) in [4.78, 5) is 2.42. The van der Waals surface area contributed by atoms with Crippen LogP contribution in [0.3, 0.4) is 0 Å². The second-order valence-electron chi connectivity index (χ2n) is 5.39. The van der Waals surface area contributed by atoms with Crippen molar-refractivity contribution in [3.8, 4) is 0 Å². The Kier molecular flexibility index (Phi) is 4.06. The van der Waals surface area contributed by atoms with Gasteiger partial charge in [0.15, 0.2) is 0 Å². The third-order valence-corrected chi connectivity index (χ3v) is 3.52. The highest BCUT2D eigenvalue weighted by Crippen LogP contribution is 2.33. The highest BCUT2D eigenvalue weighted by molar-refractivity contribution is 5.56. The normalized spacial score (nSPS) is 19.5. The minimum absolute atomic E-state index is 0.271. The predicted octanol–water partition coefficient (Wildman–Crippen LogP) is 3.37. The summed E-state index contributed by atoms with van der Waals surface area (Å²) in [6, 6.07) is 8.26. The molecule has 1 aliphatic rings. The lowest BCUT2D eigenvalue weighted by molar-refractivity contribution is 0.164. The second-order valence-corrected chi connectivity index (χ2v) is 5.39. The Labute approximate surface area is 104 Å². The Hall–Kier alpha value is -1.02. The molecule has 0 bridgehead atoms. The zero-order chi connectivity index (χ0) is 12.3. The summed E-state index contributed by atoms with van der Waals surface area (Å²) in [7, 11) is 0. The number of fused-ring (bicyclic) bond motifs is 1. The fourth-order valence-corrected chi connectivity index (χ4v) is 2.53. The van der Waals surface area contributed by atoms with Crippen LogP contribution in [-0.4, -0.2) is 18.2 Å². The molecular weight excluding hydrogens is 210 g/mol. The lowest BCUT2D eigenvalue weighted by Gasteiger charge is -2.34. The average molecular weight is 233 g/mol. The molecule has 1 aliphatic heterocycles. The highest BCUT2D eigenvalue weighted by atomic mass is 16.3. The molecule has 1 atom stereocenters. The molecule has 1 aromatic rings. The first-order valence-electron chi connectivity index (χ1n) is 6.70. The van der Waals surface area contributed by atoms with Gasteiger partial charge in [0, 0.05) is 24.3 Å². The van der Waals surface area contributed by atoms with E-state index in [0.29, 0.717) is 0 Å². The van der Waals surface area contributed by atoms with Crippen molar-refractivity contribution in [1.82, 2.24) is 0 Å². The zero-order valence-electron chi connectivity index (χ0n) is 10.9. The zero-order valence-corrected chi connectivity index (χ0v) is 10.9. The summed E-state index contributed by atoms with van der Waals surface area (Å²) >= 11 is 0. The van der Waals surface area contributed by atoms with E-state index in [9.17, 15) is 5.11 Å². The molecule has 2 rings (SSSR count). The van der Waals surface area contributed by atoms with Crippen LogP contribution in [0.5, 0.6) is 0 Å². The van der Waals surface area contributed by atoms with Crippen molar-refractivity contribution in [2.24, 2.45) is 5.92 Å². The molecule has 1 N–H and O–H groups in total. The van der Waals surface area contributed by atoms with Crippen molar-refractivity contribution < 1.29 is 5.11 Å². The molecule has 0 aliphatic carbocycles. The van der Waals surface area contributed by atoms with Crippen LogP contribution in [0.4, 0.5) is 5.69 Å². The van der Waals surface area contributed by atoms with E-state index in [1.54, 1.807) is 0 Å². The molecule has 0 saturated carbocycles. The first kappa shape index (κ1) is 12.4. The van der Waals surface area contributed by atoms with Crippen LogP contribution in [0.1, 0.15) is 44.8 Å². The number of nitrogens with zero attached hydrogens (tertiary/aromatic N) is 1. The summed E-state index contributed by atoms with van der Waals surface area (Å²) in [6.45, 7) is 6.64. The predicted molar refractivity (Wildman–Crippen MR) is 72.3 cm³/mol. The highest BCUT2D eigenvalue weighted by Gasteiger charge is 2.22. The molecule has 2 heteroatoms. The molecule has 0 saturated heterocycles. The van der Waals surface area contributed by atoms with Crippen molar-refractivity contribution in [3.63, 3.8) is 0 Å². The molecule has 0 amide bonds. The van der Waals surface area contributed by atoms with Gasteiger partial charge in [-0.25, -0.2) is 0 Å². The number of rotatable bonds is 4. The van der Waals surface area contributed by atoms with Gasteiger partial charge < -0.3 is 10.0 Å². The Bertz CT molecular complexity index is 362. The third kappa shape index (κ3) is 3.01. The first-order chi connectivity index (χ1) is 8.18. The smallest absolute Gasteiger partial charge is 0.0826 e. The molecule has 0 radical (unpaired) electrons. The quantitative estimate of drug-likeness (QED) is 0.862. The fraction of sp³-hybridized carbons (Fsp3) is 0.600. The van der Waals surface area contributed by atoms with E-state index in [2.05, 4.69) is 36.9 Å². The van der Waals surface area contributed by atoms with E-state index in [1.165, 1.54) is 18.5 Å². The molecule has 94 valence electrons. The van der Waals surface area contributed by atoms with E-state index in [4.69, 9.17) is 0 Å². The van der Waals surface area contributed by atoms with Crippen LogP contribution < -0.4 is 4.90 Å². The first-order valence-corrected chi connectivity index (χ1v) is 6.70. The van der Waals surface area contributed by atoms with Crippen LogP contribution >= 0.6 is 0 Å². The summed E-state index contributed by atoms with van der Waals surface area (Å²) in [5, 5.41) is 9.97. The van der Waals surface area contributed by atoms with Crippen LogP contribution in [-0.2, 0) is 0 Å². The maximum atomic E-state index is 9.97. The maximum Gasteiger partial charge on any atom is 0.0826 e. The van der Waals surface area contributed by atoms with Crippen molar-refractivity contribution in [3.05, 3.63) is 29.8 Å². The Balaban J connectivity index is 2.03. The van der Waals surface area contributed by atoms with Gasteiger partial charge in [0.1, 0.15) is 0 Å². The average Bonchev–Trinajstić information content (AvgIpc) is 2.32. The summed E-state index contributed by atoms with van der Waals surface area (Å²) in [5.41, 5.74) is 2.33. The van der Waals surface area contributed by atoms with E-state index < -0.39 is 0 Å². The molecule has 0 spiro atoms. The summed E-state index contributed by atoms with van der Waals surface area (Å²) in [6.07, 6.45) is 3.11. The monoisotopic (exact) mass is 233 g/mol. The number of hydrogen-bond donors (Lipinski definition) is 1. The third-order valence-electron chi connectivity index (χ3n) is 3.52. The molecule has 2 nitrogen and oxygen atoms in total. The number of anilines is 1. The van der Waals surface area contributed by atoms with Crippen LogP contribution in [0.15, 0.2) is 24.3 Å². The number of aliphatic hydroxyl groups is 1. The van der Waals surface area contributed by atoms with Gasteiger partial charge in [-0.05, 0) is 31.2 Å². The van der Waals surface area contributed by atoms with Gasteiger partial charge in [-0.3, -0.25) is 0 Å². The van der Waals surface area contributed by atoms with Gasteiger partial charge in [-0.1, -0.05) is 32.0 Å². The lowest BCUT2D eigenvalue weighted by atomic mass is 9.98. The van der Waals surface area contributed by atoms with Gasteiger partial charge >= 0.3 is 0 Å². The van der Waals surface area contributed by atoms with E-state index in [-0.39, 0.29) is 6.10 Å². The van der Waals surface area contributed by atoms with Gasteiger partial charge in [-0.15, -0.1) is 0 Å². The second kappa shape index (κ2) is 5.54. The number of benzene rings is 1. The number of hydrogen-bond acceptors (Lipinski definition) is 2. The number of para-hydroxylation sites is 1. The van der Waals surface area contributed by atoms with Crippen molar-refractivity contribution in [2.75, 3.05) is 18.0 Å². The van der Waals surface area contributed by atoms with Crippen LogP contribution in [0.2, 0.25) is 0 Å². The van der Waals surface area contributed by atoms with Crippen LogP contribution in [0, 0.1) is 5.92 Å². The van der Waals surface area contributed by atoms with Crippen molar-refractivity contribution in [2.45, 2.75) is 39.2 Å². The Morgan fingerprint density at radius 2 is 2.12 bits per heavy atom. The SMILES string of the molecule is CC(C)CCCN1CCC(O)c2ccccc21. The van der Waals surface area contributed by atoms with Gasteiger partial charge in [0.25, 0.3) is 0 Å². The van der Waals surface area contributed by atoms with Gasteiger partial charge in [0.05, 0.1) is 6.10 Å². The minimum Gasteiger partial charge on any atom is -0.388 e. The molecule has 0 fully saturated rings. The summed E-state index contributed by atoms with van der Waals surface area (Å²) in [5.74, 6) is 0.778. The van der Waals surface area contributed by atoms with E-state index in [0.717, 1.165) is 31.0 Å². The van der Waals surface area contributed by atoms with Crippen molar-refractivity contribution >= 4 is 5.69 Å². The maximum absolute atomic E-state index is 9.97. The molecule has 1 unspecified atom stereocenters. The van der Waals surface area contributed by atoms with Crippen molar-refractivity contribution in [1.29, 1.82) is 0 Å². The molecule has 0 aromatic heterocycles. The van der Waals surface area contributed by atoms with Gasteiger partial charge in [-0.2, -0.15) is 0 Å². The van der Waals surface area contributed by atoms with E-state index in [1.807, 2.05) is 6.07 Å². The Morgan fingerprint density at radius 1 is 1.35 bits per heavy atom. The number of aliphatic hydroxyl groups excluding tert-OH is 1. The molecule has 17 heavy (non-hydrogen) atoms. The fourth-order valence-electron chi connectivity index (χ4n) is 2.53.